The van der Waals surface area contributed by atoms with Gasteiger partial charge in [0.1, 0.15) is 0 Å². The standard InChI is InChI=1S/C15H29N3O/c1-3-13-11-18(10-9-17(13)2)14(19)15(12-16)7-5-4-6-8-15/h13H,3-12,16H2,1-2H3. The fourth-order valence-corrected chi connectivity index (χ4v) is 3.64. The molecule has 4 heteroatoms. The molecule has 1 amide bonds. The Labute approximate surface area is 117 Å². The van der Waals surface area contributed by atoms with Crippen LogP contribution >= 0.6 is 0 Å². The Kier molecular flexibility index (Phi) is 4.85. The minimum Gasteiger partial charge on any atom is -0.339 e. The summed E-state index contributed by atoms with van der Waals surface area (Å²) >= 11 is 0. The quantitative estimate of drug-likeness (QED) is 0.842. The van der Waals surface area contributed by atoms with Crippen LogP contribution in [-0.2, 0) is 4.79 Å². The van der Waals surface area contributed by atoms with Crippen molar-refractivity contribution in [3.05, 3.63) is 0 Å². The monoisotopic (exact) mass is 267 g/mol. The van der Waals surface area contributed by atoms with E-state index in [9.17, 15) is 4.79 Å². The number of hydrogen-bond donors (Lipinski definition) is 1. The van der Waals surface area contributed by atoms with Gasteiger partial charge in [-0.15, -0.1) is 0 Å². The Morgan fingerprint density at radius 3 is 2.53 bits per heavy atom. The molecule has 1 atom stereocenters. The predicted molar refractivity (Wildman–Crippen MR) is 77.9 cm³/mol. The molecule has 2 rings (SSSR count). The van der Waals surface area contributed by atoms with Gasteiger partial charge in [0, 0.05) is 32.2 Å². The van der Waals surface area contributed by atoms with Crippen LogP contribution < -0.4 is 5.73 Å². The summed E-state index contributed by atoms with van der Waals surface area (Å²) in [5, 5.41) is 0. The third kappa shape index (κ3) is 2.95. The third-order valence-electron chi connectivity index (χ3n) is 5.19. The first-order valence-corrected chi connectivity index (χ1v) is 7.82. The van der Waals surface area contributed by atoms with Gasteiger partial charge in [-0.05, 0) is 26.3 Å². The van der Waals surface area contributed by atoms with Crippen LogP contribution in [0.3, 0.4) is 0 Å². The van der Waals surface area contributed by atoms with Crippen LogP contribution in [0.4, 0.5) is 0 Å². The molecule has 1 unspecified atom stereocenters. The van der Waals surface area contributed by atoms with E-state index in [1.807, 2.05) is 0 Å². The third-order valence-corrected chi connectivity index (χ3v) is 5.19. The van der Waals surface area contributed by atoms with E-state index in [1.54, 1.807) is 0 Å². The van der Waals surface area contributed by atoms with Crippen molar-refractivity contribution in [3.8, 4) is 0 Å². The van der Waals surface area contributed by atoms with Crippen molar-refractivity contribution in [3.63, 3.8) is 0 Å². The van der Waals surface area contributed by atoms with Crippen molar-refractivity contribution < 1.29 is 4.79 Å². The van der Waals surface area contributed by atoms with Crippen LogP contribution in [0.25, 0.3) is 0 Å². The predicted octanol–water partition coefficient (Wildman–Crippen LogP) is 1.45. The van der Waals surface area contributed by atoms with E-state index in [4.69, 9.17) is 5.73 Å². The number of likely N-dealkylation sites (N-methyl/N-ethyl adjacent to an activating group) is 1. The van der Waals surface area contributed by atoms with Crippen LogP contribution in [0.1, 0.15) is 45.4 Å². The van der Waals surface area contributed by atoms with Gasteiger partial charge in [0.15, 0.2) is 0 Å². The van der Waals surface area contributed by atoms with Gasteiger partial charge < -0.3 is 10.6 Å². The summed E-state index contributed by atoms with van der Waals surface area (Å²) in [6.45, 7) is 5.47. The first kappa shape index (κ1) is 14.8. The first-order valence-electron chi connectivity index (χ1n) is 7.82. The molecule has 1 heterocycles. The zero-order valence-electron chi connectivity index (χ0n) is 12.5. The number of carbonyl (C=O) groups excluding carboxylic acids is 1. The van der Waals surface area contributed by atoms with Crippen molar-refractivity contribution in [1.82, 2.24) is 9.80 Å². The Hall–Kier alpha value is -0.610. The average Bonchev–Trinajstić information content (AvgIpc) is 2.47. The van der Waals surface area contributed by atoms with Crippen LogP contribution in [0.2, 0.25) is 0 Å². The van der Waals surface area contributed by atoms with Crippen molar-refractivity contribution in [2.24, 2.45) is 11.1 Å². The van der Waals surface area contributed by atoms with E-state index in [-0.39, 0.29) is 5.41 Å². The molecular formula is C15H29N3O. The van der Waals surface area contributed by atoms with Crippen LogP contribution in [0, 0.1) is 5.41 Å². The van der Waals surface area contributed by atoms with Gasteiger partial charge in [-0.2, -0.15) is 0 Å². The molecule has 0 radical (unpaired) electrons. The maximum absolute atomic E-state index is 12.9. The molecule has 4 nitrogen and oxygen atoms in total. The van der Waals surface area contributed by atoms with E-state index < -0.39 is 0 Å². The van der Waals surface area contributed by atoms with E-state index in [0.29, 0.717) is 18.5 Å². The second-order valence-corrected chi connectivity index (χ2v) is 6.34. The lowest BCUT2D eigenvalue weighted by molar-refractivity contribution is -0.146. The van der Waals surface area contributed by atoms with Crippen molar-refractivity contribution in [2.45, 2.75) is 51.5 Å². The maximum Gasteiger partial charge on any atom is 0.230 e. The van der Waals surface area contributed by atoms with Gasteiger partial charge in [-0.25, -0.2) is 0 Å². The van der Waals surface area contributed by atoms with Gasteiger partial charge in [-0.1, -0.05) is 26.2 Å². The molecule has 2 N–H and O–H groups in total. The van der Waals surface area contributed by atoms with Gasteiger partial charge in [0.2, 0.25) is 5.91 Å². The van der Waals surface area contributed by atoms with Crippen LogP contribution in [0.15, 0.2) is 0 Å². The molecule has 1 aliphatic heterocycles. The molecule has 1 aliphatic carbocycles. The highest BCUT2D eigenvalue weighted by molar-refractivity contribution is 5.83. The number of piperazine rings is 1. The number of amides is 1. The number of hydrogen-bond acceptors (Lipinski definition) is 3. The Morgan fingerprint density at radius 2 is 1.95 bits per heavy atom. The van der Waals surface area contributed by atoms with Gasteiger partial charge in [-0.3, -0.25) is 9.69 Å². The van der Waals surface area contributed by atoms with Crippen molar-refractivity contribution >= 4 is 5.91 Å². The maximum atomic E-state index is 12.9. The average molecular weight is 267 g/mol. The number of rotatable bonds is 3. The highest BCUT2D eigenvalue weighted by Gasteiger charge is 2.42. The topological polar surface area (TPSA) is 49.6 Å². The molecule has 1 saturated carbocycles. The highest BCUT2D eigenvalue weighted by atomic mass is 16.2. The van der Waals surface area contributed by atoms with Crippen molar-refractivity contribution in [2.75, 3.05) is 33.2 Å². The summed E-state index contributed by atoms with van der Waals surface area (Å²) in [7, 11) is 2.16. The highest BCUT2D eigenvalue weighted by Crippen LogP contribution is 2.37. The smallest absolute Gasteiger partial charge is 0.230 e. The minimum absolute atomic E-state index is 0.244. The largest absolute Gasteiger partial charge is 0.339 e. The normalized spacial score (nSPS) is 28.4. The summed E-state index contributed by atoms with van der Waals surface area (Å²) in [5.74, 6) is 0.334. The summed E-state index contributed by atoms with van der Waals surface area (Å²) in [4.78, 5) is 17.4. The van der Waals surface area contributed by atoms with E-state index >= 15 is 0 Å². The SMILES string of the molecule is CCC1CN(C(=O)C2(CN)CCCCC2)CCN1C. The molecule has 110 valence electrons. The van der Waals surface area contributed by atoms with Crippen molar-refractivity contribution in [1.29, 1.82) is 0 Å². The van der Waals surface area contributed by atoms with Gasteiger partial charge in [0.25, 0.3) is 0 Å². The zero-order valence-corrected chi connectivity index (χ0v) is 12.5. The molecule has 2 aliphatic rings. The van der Waals surface area contributed by atoms with Crippen LogP contribution in [-0.4, -0.2) is 55.0 Å². The Balaban J connectivity index is 2.05. The van der Waals surface area contributed by atoms with Crippen LogP contribution in [0.5, 0.6) is 0 Å². The Bertz CT molecular complexity index is 313. The first-order chi connectivity index (χ1) is 9.13. The number of nitrogens with two attached hydrogens (primary N) is 1. The Morgan fingerprint density at radius 1 is 1.26 bits per heavy atom. The molecule has 0 aromatic rings. The number of carbonyl (C=O) groups is 1. The zero-order chi connectivity index (χ0) is 13.9. The second-order valence-electron chi connectivity index (χ2n) is 6.34. The van der Waals surface area contributed by atoms with E-state index in [0.717, 1.165) is 51.7 Å². The molecule has 1 saturated heterocycles. The lowest BCUT2D eigenvalue weighted by Crippen LogP contribution is -2.58. The molecule has 0 spiro atoms. The van der Waals surface area contributed by atoms with Gasteiger partial charge >= 0.3 is 0 Å². The molecule has 0 aromatic heterocycles. The lowest BCUT2D eigenvalue weighted by atomic mass is 9.73. The van der Waals surface area contributed by atoms with Gasteiger partial charge in [0.05, 0.1) is 5.41 Å². The molecule has 0 aromatic carbocycles. The molecule has 0 bridgehead atoms. The summed E-state index contributed by atoms with van der Waals surface area (Å²) in [6.07, 6.45) is 6.67. The molecule has 2 fully saturated rings. The molecule has 19 heavy (non-hydrogen) atoms. The number of nitrogens with zero attached hydrogens (tertiary/aromatic N) is 2. The second kappa shape index (κ2) is 6.23. The fraction of sp³-hybridized carbons (Fsp3) is 0.933. The lowest BCUT2D eigenvalue weighted by Gasteiger charge is -2.44. The fourth-order valence-electron chi connectivity index (χ4n) is 3.64. The van der Waals surface area contributed by atoms with E-state index in [1.165, 1.54) is 6.42 Å². The summed E-state index contributed by atoms with van der Waals surface area (Å²) < 4.78 is 0. The van der Waals surface area contributed by atoms with E-state index in [2.05, 4.69) is 23.8 Å². The summed E-state index contributed by atoms with van der Waals surface area (Å²) in [5.41, 5.74) is 5.74. The minimum atomic E-state index is -0.244. The molecular weight excluding hydrogens is 238 g/mol. The summed E-state index contributed by atoms with van der Waals surface area (Å²) in [6, 6.07) is 0.510.